The van der Waals surface area contributed by atoms with E-state index in [-0.39, 0.29) is 11.9 Å². The van der Waals surface area contributed by atoms with Crippen LogP contribution in [0.25, 0.3) is 0 Å². The minimum atomic E-state index is -0.0727. The number of nitrogen functional groups attached to an aromatic ring is 1. The van der Waals surface area contributed by atoms with Crippen molar-refractivity contribution in [2.75, 3.05) is 24.1 Å². The van der Waals surface area contributed by atoms with Gasteiger partial charge in [-0.3, -0.25) is 9.69 Å². The van der Waals surface area contributed by atoms with E-state index in [1.807, 2.05) is 32.0 Å². The molecule has 3 atom stereocenters. The highest BCUT2D eigenvalue weighted by Crippen LogP contribution is 2.38. The molecule has 0 spiro atoms. The summed E-state index contributed by atoms with van der Waals surface area (Å²) in [6.07, 6.45) is 4.04. The Hall–Kier alpha value is -1.55. The maximum atomic E-state index is 12.5. The van der Waals surface area contributed by atoms with Crippen molar-refractivity contribution in [3.8, 4) is 0 Å². The number of hydrogen-bond acceptors (Lipinski definition) is 3. The summed E-state index contributed by atoms with van der Waals surface area (Å²) in [4.78, 5) is 14.8. The Kier molecular flexibility index (Phi) is 3.89. The van der Waals surface area contributed by atoms with Gasteiger partial charge in [0.2, 0.25) is 5.91 Å². The predicted molar refractivity (Wildman–Crippen MR) is 86.1 cm³/mol. The minimum Gasteiger partial charge on any atom is -0.398 e. The van der Waals surface area contributed by atoms with Gasteiger partial charge in [0.1, 0.15) is 0 Å². The van der Waals surface area contributed by atoms with E-state index < -0.39 is 0 Å². The molecule has 3 unspecified atom stereocenters. The number of fused-ring (bicyclic) bond motifs is 1. The summed E-state index contributed by atoms with van der Waals surface area (Å²) in [6, 6.07) is 5.57. The molecule has 2 aliphatic rings. The third-order valence-corrected chi connectivity index (χ3v) is 5.32. The van der Waals surface area contributed by atoms with Gasteiger partial charge in [-0.05, 0) is 56.2 Å². The zero-order valence-electron chi connectivity index (χ0n) is 12.9. The number of rotatable bonds is 3. The number of nitrogens with two attached hydrogens (primary N) is 1. The maximum Gasteiger partial charge on any atom is 0.241 e. The van der Waals surface area contributed by atoms with Crippen LogP contribution in [0.5, 0.6) is 0 Å². The van der Waals surface area contributed by atoms with Gasteiger partial charge in [0, 0.05) is 24.5 Å². The number of anilines is 2. The summed E-state index contributed by atoms with van der Waals surface area (Å²) in [6.45, 7) is 6.11. The Labute approximate surface area is 126 Å². The van der Waals surface area contributed by atoms with Crippen molar-refractivity contribution in [1.29, 1.82) is 0 Å². The van der Waals surface area contributed by atoms with E-state index in [4.69, 9.17) is 5.73 Å². The van der Waals surface area contributed by atoms with Crippen LogP contribution in [-0.2, 0) is 4.79 Å². The summed E-state index contributed by atoms with van der Waals surface area (Å²) < 4.78 is 0. The van der Waals surface area contributed by atoms with Crippen LogP contribution >= 0.6 is 0 Å². The Bertz CT molecular complexity index is 531. The lowest BCUT2D eigenvalue weighted by atomic mass is 10.0. The van der Waals surface area contributed by atoms with Crippen LogP contribution in [0, 0.1) is 18.8 Å². The number of carbonyl (C=O) groups is 1. The second kappa shape index (κ2) is 5.68. The van der Waals surface area contributed by atoms with E-state index in [0.29, 0.717) is 0 Å². The SMILES string of the molecule is Cc1c(N)cccc1NC(=O)C(C)N1CC2CCCC2C1. The Balaban J connectivity index is 1.64. The molecule has 4 heteroatoms. The fourth-order valence-corrected chi connectivity index (χ4v) is 3.78. The topological polar surface area (TPSA) is 58.4 Å². The first kappa shape index (κ1) is 14.4. The number of benzene rings is 1. The van der Waals surface area contributed by atoms with Gasteiger partial charge in [0.05, 0.1) is 6.04 Å². The van der Waals surface area contributed by atoms with E-state index in [2.05, 4.69) is 10.2 Å². The lowest BCUT2D eigenvalue weighted by molar-refractivity contribution is -0.120. The summed E-state index contributed by atoms with van der Waals surface area (Å²) in [5.41, 5.74) is 8.38. The molecule has 2 fully saturated rings. The van der Waals surface area contributed by atoms with Crippen molar-refractivity contribution in [3.05, 3.63) is 23.8 Å². The molecule has 3 rings (SSSR count). The second-order valence-corrected chi connectivity index (χ2v) is 6.59. The summed E-state index contributed by atoms with van der Waals surface area (Å²) >= 11 is 0. The normalized spacial score (nSPS) is 26.6. The lowest BCUT2D eigenvalue weighted by Crippen LogP contribution is -2.41. The maximum absolute atomic E-state index is 12.5. The Morgan fingerprint density at radius 3 is 2.67 bits per heavy atom. The van der Waals surface area contributed by atoms with Gasteiger partial charge in [0.15, 0.2) is 0 Å². The van der Waals surface area contributed by atoms with Crippen molar-refractivity contribution in [3.63, 3.8) is 0 Å². The lowest BCUT2D eigenvalue weighted by Gasteiger charge is -2.24. The molecular formula is C17H25N3O. The van der Waals surface area contributed by atoms with Gasteiger partial charge < -0.3 is 11.1 Å². The summed E-state index contributed by atoms with van der Waals surface area (Å²) in [5, 5.41) is 3.03. The van der Waals surface area contributed by atoms with Crippen LogP contribution in [0.2, 0.25) is 0 Å². The summed E-state index contributed by atoms with van der Waals surface area (Å²) in [7, 11) is 0. The van der Waals surface area contributed by atoms with Crippen molar-refractivity contribution >= 4 is 17.3 Å². The fourth-order valence-electron chi connectivity index (χ4n) is 3.78. The van der Waals surface area contributed by atoms with Gasteiger partial charge in [-0.25, -0.2) is 0 Å². The van der Waals surface area contributed by atoms with Gasteiger partial charge >= 0.3 is 0 Å². The monoisotopic (exact) mass is 287 g/mol. The smallest absolute Gasteiger partial charge is 0.241 e. The molecule has 1 heterocycles. The minimum absolute atomic E-state index is 0.0727. The van der Waals surface area contributed by atoms with Crippen LogP contribution in [-0.4, -0.2) is 29.9 Å². The predicted octanol–water partition coefficient (Wildman–Crippen LogP) is 2.64. The molecule has 1 saturated heterocycles. The third-order valence-electron chi connectivity index (χ3n) is 5.32. The molecule has 1 aliphatic heterocycles. The molecular weight excluding hydrogens is 262 g/mol. The van der Waals surface area contributed by atoms with Crippen LogP contribution < -0.4 is 11.1 Å². The van der Waals surface area contributed by atoms with E-state index in [9.17, 15) is 4.79 Å². The van der Waals surface area contributed by atoms with Crippen molar-refractivity contribution in [2.24, 2.45) is 11.8 Å². The van der Waals surface area contributed by atoms with Gasteiger partial charge in [-0.1, -0.05) is 12.5 Å². The molecule has 114 valence electrons. The number of nitrogens with one attached hydrogen (secondary N) is 1. The molecule has 1 aliphatic carbocycles. The van der Waals surface area contributed by atoms with E-state index >= 15 is 0 Å². The first-order chi connectivity index (χ1) is 10.1. The average Bonchev–Trinajstić information content (AvgIpc) is 3.04. The zero-order valence-corrected chi connectivity index (χ0v) is 12.9. The average molecular weight is 287 g/mol. The van der Waals surface area contributed by atoms with E-state index in [1.54, 1.807) is 0 Å². The molecule has 0 bridgehead atoms. The van der Waals surface area contributed by atoms with Crippen LogP contribution in [0.4, 0.5) is 11.4 Å². The first-order valence-corrected chi connectivity index (χ1v) is 7.96. The third kappa shape index (κ3) is 2.77. The highest BCUT2D eigenvalue weighted by Gasteiger charge is 2.39. The molecule has 1 aromatic carbocycles. The van der Waals surface area contributed by atoms with Crippen molar-refractivity contribution < 1.29 is 4.79 Å². The quantitative estimate of drug-likeness (QED) is 0.840. The molecule has 0 radical (unpaired) electrons. The molecule has 1 amide bonds. The van der Waals surface area contributed by atoms with Crippen LogP contribution in [0.15, 0.2) is 18.2 Å². The molecule has 0 aromatic heterocycles. The van der Waals surface area contributed by atoms with Crippen LogP contribution in [0.3, 0.4) is 0 Å². The summed E-state index contributed by atoms with van der Waals surface area (Å²) in [5.74, 6) is 1.70. The molecule has 3 N–H and O–H groups in total. The number of hydrogen-bond donors (Lipinski definition) is 2. The van der Waals surface area contributed by atoms with Crippen molar-refractivity contribution in [1.82, 2.24) is 4.90 Å². The zero-order chi connectivity index (χ0) is 15.0. The number of carbonyl (C=O) groups excluding carboxylic acids is 1. The standard InChI is InChI=1S/C17H25N3O/c1-11-15(18)7-4-8-16(11)19-17(21)12(2)20-9-13-5-3-6-14(13)10-20/h4,7-8,12-14H,3,5-6,9-10,18H2,1-2H3,(H,19,21). The first-order valence-electron chi connectivity index (χ1n) is 7.96. The molecule has 1 aromatic rings. The van der Waals surface area contributed by atoms with Gasteiger partial charge in [-0.2, -0.15) is 0 Å². The fraction of sp³-hybridized carbons (Fsp3) is 0.588. The van der Waals surface area contributed by atoms with Gasteiger partial charge in [0.25, 0.3) is 0 Å². The Morgan fingerprint density at radius 1 is 1.33 bits per heavy atom. The Morgan fingerprint density at radius 2 is 2.00 bits per heavy atom. The largest absolute Gasteiger partial charge is 0.398 e. The van der Waals surface area contributed by atoms with E-state index in [0.717, 1.165) is 41.9 Å². The molecule has 1 saturated carbocycles. The number of nitrogens with zero attached hydrogens (tertiary/aromatic N) is 1. The van der Waals surface area contributed by atoms with Gasteiger partial charge in [-0.15, -0.1) is 0 Å². The highest BCUT2D eigenvalue weighted by atomic mass is 16.2. The number of amides is 1. The second-order valence-electron chi connectivity index (χ2n) is 6.59. The molecule has 4 nitrogen and oxygen atoms in total. The van der Waals surface area contributed by atoms with Crippen LogP contribution in [0.1, 0.15) is 31.7 Å². The molecule has 21 heavy (non-hydrogen) atoms. The highest BCUT2D eigenvalue weighted by molar-refractivity contribution is 5.95. The number of likely N-dealkylation sites (tertiary alicyclic amines) is 1. The van der Waals surface area contributed by atoms with Crippen molar-refractivity contribution in [2.45, 2.75) is 39.2 Å². The van der Waals surface area contributed by atoms with E-state index in [1.165, 1.54) is 19.3 Å².